The van der Waals surface area contributed by atoms with Crippen molar-refractivity contribution in [1.82, 2.24) is 20.2 Å². The molecule has 2 rings (SSSR count). The molecular weight excluding hydrogens is 256 g/mol. The molecule has 0 aromatic carbocycles. The van der Waals surface area contributed by atoms with Gasteiger partial charge in [-0.15, -0.1) is 0 Å². The van der Waals surface area contributed by atoms with Gasteiger partial charge in [0.05, 0.1) is 24.1 Å². The molecule has 0 spiro atoms. The number of carbonyl (C=O) groups excluding carboxylic acids is 2. The van der Waals surface area contributed by atoms with Crippen LogP contribution in [0.2, 0.25) is 0 Å². The van der Waals surface area contributed by atoms with Crippen molar-refractivity contribution >= 4 is 11.8 Å². The Bertz CT molecular complexity index is 508. The van der Waals surface area contributed by atoms with Gasteiger partial charge in [0.15, 0.2) is 0 Å². The largest absolute Gasteiger partial charge is 0.340 e. The smallest absolute Gasteiger partial charge is 0.249 e. The van der Waals surface area contributed by atoms with Crippen molar-refractivity contribution in [3.63, 3.8) is 0 Å². The standard InChI is InChI=1S/C14H20N4O2/c1-4-14(5-2)13(20)18(9-12(19)17-14)8-11-7-15-10(3)6-16-11/h6-7H,4-5,8-9H2,1-3H3,(H,17,19). The van der Waals surface area contributed by atoms with E-state index in [1.807, 2.05) is 20.8 Å². The van der Waals surface area contributed by atoms with E-state index >= 15 is 0 Å². The van der Waals surface area contributed by atoms with Crippen LogP contribution in [0.4, 0.5) is 0 Å². The zero-order valence-corrected chi connectivity index (χ0v) is 12.1. The zero-order chi connectivity index (χ0) is 14.8. The summed E-state index contributed by atoms with van der Waals surface area (Å²) < 4.78 is 0. The summed E-state index contributed by atoms with van der Waals surface area (Å²) in [6, 6.07) is 0. The molecule has 6 heteroatoms. The van der Waals surface area contributed by atoms with Crippen molar-refractivity contribution in [2.75, 3.05) is 6.54 Å². The monoisotopic (exact) mass is 276 g/mol. The van der Waals surface area contributed by atoms with Crippen molar-refractivity contribution < 1.29 is 9.59 Å². The van der Waals surface area contributed by atoms with Crippen LogP contribution in [0.15, 0.2) is 12.4 Å². The van der Waals surface area contributed by atoms with Gasteiger partial charge in [0.25, 0.3) is 0 Å². The van der Waals surface area contributed by atoms with Crippen LogP contribution in [0.3, 0.4) is 0 Å². The van der Waals surface area contributed by atoms with Gasteiger partial charge in [0, 0.05) is 6.20 Å². The third-order valence-electron chi connectivity index (χ3n) is 3.80. The molecule has 0 saturated carbocycles. The number of aryl methyl sites for hydroxylation is 1. The highest BCUT2D eigenvalue weighted by Gasteiger charge is 2.43. The van der Waals surface area contributed by atoms with Gasteiger partial charge >= 0.3 is 0 Å². The highest BCUT2D eigenvalue weighted by molar-refractivity contribution is 5.97. The van der Waals surface area contributed by atoms with Crippen LogP contribution in [-0.4, -0.2) is 38.8 Å². The van der Waals surface area contributed by atoms with Gasteiger partial charge in [-0.05, 0) is 19.8 Å². The van der Waals surface area contributed by atoms with Gasteiger partial charge in [0.2, 0.25) is 11.8 Å². The normalized spacial score (nSPS) is 18.1. The lowest BCUT2D eigenvalue weighted by atomic mass is 9.89. The summed E-state index contributed by atoms with van der Waals surface area (Å²) in [5.41, 5.74) is 0.751. The Hall–Kier alpha value is -1.98. The minimum atomic E-state index is -0.770. The predicted octanol–water partition coefficient (Wildman–Crippen LogP) is 0.802. The summed E-state index contributed by atoms with van der Waals surface area (Å²) in [5.74, 6) is -0.155. The van der Waals surface area contributed by atoms with E-state index in [-0.39, 0.29) is 18.4 Å². The molecule has 2 heterocycles. The van der Waals surface area contributed by atoms with Crippen molar-refractivity contribution in [3.05, 3.63) is 23.8 Å². The Morgan fingerprint density at radius 1 is 1.25 bits per heavy atom. The SMILES string of the molecule is CCC1(CC)NC(=O)CN(Cc2cnc(C)cn2)C1=O. The average Bonchev–Trinajstić information content (AvgIpc) is 2.45. The number of nitrogens with one attached hydrogen (secondary N) is 1. The number of amides is 2. The molecular formula is C14H20N4O2. The first kappa shape index (κ1) is 14.4. The maximum absolute atomic E-state index is 12.6. The van der Waals surface area contributed by atoms with Crippen molar-refractivity contribution in [3.8, 4) is 0 Å². The van der Waals surface area contributed by atoms with Crippen LogP contribution < -0.4 is 5.32 Å². The first-order valence-electron chi connectivity index (χ1n) is 6.88. The summed E-state index contributed by atoms with van der Waals surface area (Å²) in [7, 11) is 0. The molecule has 6 nitrogen and oxygen atoms in total. The molecule has 0 bridgehead atoms. The molecule has 0 unspecified atom stereocenters. The summed E-state index contributed by atoms with van der Waals surface area (Å²) >= 11 is 0. The molecule has 1 saturated heterocycles. The lowest BCUT2D eigenvalue weighted by Crippen LogP contribution is -2.65. The number of nitrogens with zero attached hydrogens (tertiary/aromatic N) is 3. The van der Waals surface area contributed by atoms with Crippen LogP contribution >= 0.6 is 0 Å². The minimum Gasteiger partial charge on any atom is -0.340 e. The molecule has 0 radical (unpaired) electrons. The Morgan fingerprint density at radius 2 is 1.95 bits per heavy atom. The second-order valence-corrected chi connectivity index (χ2v) is 5.15. The zero-order valence-electron chi connectivity index (χ0n) is 12.1. The molecule has 1 aromatic heterocycles. The van der Waals surface area contributed by atoms with Crippen molar-refractivity contribution in [2.45, 2.75) is 45.7 Å². The molecule has 0 aliphatic carbocycles. The Labute approximate surface area is 118 Å². The quantitative estimate of drug-likeness (QED) is 0.882. The lowest BCUT2D eigenvalue weighted by Gasteiger charge is -2.41. The van der Waals surface area contributed by atoms with E-state index in [1.54, 1.807) is 17.3 Å². The van der Waals surface area contributed by atoms with Gasteiger partial charge < -0.3 is 10.2 Å². The summed E-state index contributed by atoms with van der Waals surface area (Å²) in [4.78, 5) is 34.4. The van der Waals surface area contributed by atoms with Crippen LogP contribution in [-0.2, 0) is 16.1 Å². The number of hydrogen-bond donors (Lipinski definition) is 1. The molecule has 1 aromatic rings. The summed E-state index contributed by atoms with van der Waals surface area (Å²) in [6.45, 7) is 6.08. The fourth-order valence-electron chi connectivity index (χ4n) is 2.46. The first-order chi connectivity index (χ1) is 9.50. The number of carbonyl (C=O) groups is 2. The minimum absolute atomic E-state index is 0.0375. The molecule has 1 aliphatic heterocycles. The van der Waals surface area contributed by atoms with E-state index in [0.29, 0.717) is 25.1 Å². The first-order valence-corrected chi connectivity index (χ1v) is 6.88. The van der Waals surface area contributed by atoms with E-state index < -0.39 is 5.54 Å². The van der Waals surface area contributed by atoms with E-state index in [0.717, 1.165) is 5.69 Å². The van der Waals surface area contributed by atoms with Crippen LogP contribution in [0.25, 0.3) is 0 Å². The van der Waals surface area contributed by atoms with Gasteiger partial charge in [-0.25, -0.2) is 0 Å². The third kappa shape index (κ3) is 2.64. The van der Waals surface area contributed by atoms with Gasteiger partial charge in [-0.1, -0.05) is 13.8 Å². The number of rotatable bonds is 4. The number of hydrogen-bond acceptors (Lipinski definition) is 4. The Kier molecular flexibility index (Phi) is 4.01. The van der Waals surface area contributed by atoms with E-state index in [9.17, 15) is 9.59 Å². The number of piperazine rings is 1. The third-order valence-corrected chi connectivity index (χ3v) is 3.80. The average molecular weight is 276 g/mol. The fourth-order valence-corrected chi connectivity index (χ4v) is 2.46. The summed E-state index contributed by atoms with van der Waals surface area (Å²) in [6.07, 6.45) is 4.49. The van der Waals surface area contributed by atoms with E-state index in [2.05, 4.69) is 15.3 Å². The van der Waals surface area contributed by atoms with Crippen LogP contribution in [0.1, 0.15) is 38.1 Å². The maximum Gasteiger partial charge on any atom is 0.249 e. The topological polar surface area (TPSA) is 75.2 Å². The Balaban J connectivity index is 2.20. The fraction of sp³-hybridized carbons (Fsp3) is 0.571. The van der Waals surface area contributed by atoms with Crippen molar-refractivity contribution in [2.24, 2.45) is 0 Å². The number of aromatic nitrogens is 2. The molecule has 2 amide bonds. The molecule has 1 N–H and O–H groups in total. The molecule has 20 heavy (non-hydrogen) atoms. The molecule has 1 aliphatic rings. The van der Waals surface area contributed by atoms with E-state index in [1.165, 1.54) is 0 Å². The van der Waals surface area contributed by atoms with Crippen LogP contribution in [0.5, 0.6) is 0 Å². The van der Waals surface area contributed by atoms with Gasteiger partial charge in [0.1, 0.15) is 12.1 Å². The second-order valence-electron chi connectivity index (χ2n) is 5.15. The molecule has 0 atom stereocenters. The highest BCUT2D eigenvalue weighted by atomic mass is 16.2. The molecule has 1 fully saturated rings. The van der Waals surface area contributed by atoms with Gasteiger partial charge in [-0.2, -0.15) is 0 Å². The summed E-state index contributed by atoms with van der Waals surface area (Å²) in [5, 5.41) is 2.84. The van der Waals surface area contributed by atoms with Gasteiger partial charge in [-0.3, -0.25) is 19.6 Å². The maximum atomic E-state index is 12.6. The second kappa shape index (κ2) is 5.56. The molecule has 108 valence electrons. The predicted molar refractivity (Wildman–Crippen MR) is 73.6 cm³/mol. The van der Waals surface area contributed by atoms with Crippen LogP contribution in [0, 0.1) is 6.92 Å². The van der Waals surface area contributed by atoms with E-state index in [4.69, 9.17) is 0 Å². The lowest BCUT2D eigenvalue weighted by molar-refractivity contribution is -0.151. The Morgan fingerprint density at radius 3 is 2.50 bits per heavy atom. The highest BCUT2D eigenvalue weighted by Crippen LogP contribution is 2.23. The van der Waals surface area contributed by atoms with Crippen molar-refractivity contribution in [1.29, 1.82) is 0 Å².